The fourth-order valence-corrected chi connectivity index (χ4v) is 3.02. The number of hydrogen-bond donors (Lipinski definition) is 4. The van der Waals surface area contributed by atoms with Gasteiger partial charge in [-0.25, -0.2) is 10.3 Å². The lowest BCUT2D eigenvalue weighted by Crippen LogP contribution is -2.27. The average Bonchev–Trinajstić information content (AvgIpc) is 2.70. The molecule has 0 aliphatic rings. The van der Waals surface area contributed by atoms with Crippen LogP contribution in [0.4, 0.5) is 10.5 Å². The van der Waals surface area contributed by atoms with E-state index in [4.69, 9.17) is 14.7 Å². The summed E-state index contributed by atoms with van der Waals surface area (Å²) in [5.41, 5.74) is 2.21. The minimum absolute atomic E-state index is 0.128. The Morgan fingerprint density at radius 2 is 1.76 bits per heavy atom. The van der Waals surface area contributed by atoms with Gasteiger partial charge in [-0.2, -0.15) is 0 Å². The number of phenolic OH excluding ortho intramolecular Hbond substituents is 1. The molecule has 0 radical (unpaired) electrons. The number of methoxy groups -OCH3 is 1. The Kier molecular flexibility index (Phi) is 8.65. The minimum Gasteiger partial charge on any atom is -0.508 e. The number of hydroxylamine groups is 1. The molecule has 4 N–H and O–H groups in total. The molecular formula is C19H18Br2N2O6. The second kappa shape index (κ2) is 11.0. The molecule has 0 aromatic heterocycles. The zero-order valence-corrected chi connectivity index (χ0v) is 18.3. The van der Waals surface area contributed by atoms with E-state index in [0.717, 1.165) is 10.5 Å². The summed E-state index contributed by atoms with van der Waals surface area (Å²) in [5, 5.41) is 21.5. The summed E-state index contributed by atoms with van der Waals surface area (Å²) in [5.74, 6) is -0.916. The van der Waals surface area contributed by atoms with Gasteiger partial charge in [0.2, 0.25) is 0 Å². The molecule has 0 spiro atoms. The molecule has 154 valence electrons. The second-order valence-electron chi connectivity index (χ2n) is 5.70. The van der Waals surface area contributed by atoms with Gasteiger partial charge in [0, 0.05) is 33.4 Å². The van der Waals surface area contributed by atoms with Crippen LogP contribution >= 0.6 is 31.9 Å². The van der Waals surface area contributed by atoms with E-state index in [1.54, 1.807) is 36.4 Å². The van der Waals surface area contributed by atoms with Crippen molar-refractivity contribution in [3.8, 4) is 5.75 Å². The van der Waals surface area contributed by atoms with Gasteiger partial charge in [-0.15, -0.1) is 0 Å². The number of carbonyl (C=O) groups is 2. The molecule has 10 heteroatoms. The van der Waals surface area contributed by atoms with E-state index in [-0.39, 0.29) is 11.3 Å². The fraction of sp³-hybridized carbons (Fsp3) is 0.158. The first-order valence-corrected chi connectivity index (χ1v) is 9.79. The molecule has 0 aliphatic heterocycles. The SMILES string of the molecule is CO[C@@H](/C=C/C(=O)NO)[C@@H](OC(=O)Nc1ccc(Br)cc1)c1cc(Br)ccc1O. The third kappa shape index (κ3) is 6.86. The summed E-state index contributed by atoms with van der Waals surface area (Å²) in [4.78, 5) is 23.8. The fourth-order valence-electron chi connectivity index (χ4n) is 2.38. The second-order valence-corrected chi connectivity index (χ2v) is 7.53. The third-order valence-electron chi connectivity index (χ3n) is 3.74. The van der Waals surface area contributed by atoms with E-state index in [9.17, 15) is 14.7 Å². The number of anilines is 1. The van der Waals surface area contributed by atoms with Gasteiger partial charge in [0.1, 0.15) is 11.9 Å². The molecule has 2 aromatic carbocycles. The lowest BCUT2D eigenvalue weighted by molar-refractivity contribution is -0.124. The molecule has 2 aromatic rings. The Morgan fingerprint density at radius 1 is 1.10 bits per heavy atom. The van der Waals surface area contributed by atoms with Crippen LogP contribution in [0.25, 0.3) is 0 Å². The Bertz CT molecular complexity index is 889. The molecule has 0 heterocycles. The molecular weight excluding hydrogens is 512 g/mol. The topological polar surface area (TPSA) is 117 Å². The predicted molar refractivity (Wildman–Crippen MR) is 113 cm³/mol. The first-order valence-electron chi connectivity index (χ1n) is 8.20. The Labute approximate surface area is 183 Å². The maximum atomic E-state index is 12.5. The van der Waals surface area contributed by atoms with Gasteiger partial charge in [0.25, 0.3) is 5.91 Å². The van der Waals surface area contributed by atoms with Crippen molar-refractivity contribution < 1.29 is 29.4 Å². The van der Waals surface area contributed by atoms with Gasteiger partial charge >= 0.3 is 6.09 Å². The van der Waals surface area contributed by atoms with Crippen LogP contribution in [0.3, 0.4) is 0 Å². The molecule has 0 saturated carbocycles. The van der Waals surface area contributed by atoms with Gasteiger partial charge in [-0.05, 0) is 48.5 Å². The number of halogens is 2. The highest BCUT2D eigenvalue weighted by Crippen LogP contribution is 2.34. The number of benzene rings is 2. The number of amides is 2. The summed E-state index contributed by atoms with van der Waals surface area (Å²) in [6.07, 6.45) is -0.520. The van der Waals surface area contributed by atoms with Crippen molar-refractivity contribution >= 4 is 49.5 Å². The standard InChI is InChI=1S/C19H18Br2N2O6/c1-28-16(8-9-17(25)23-27)18(14-10-12(21)4-7-15(14)24)29-19(26)22-13-5-2-11(20)3-6-13/h2-10,16,18,24,27H,1H3,(H,22,26)(H,23,25)/b9-8+/t16-,18-/m0/s1. The van der Waals surface area contributed by atoms with Gasteiger partial charge in [0.15, 0.2) is 6.10 Å². The predicted octanol–water partition coefficient (Wildman–Crippen LogP) is 4.28. The number of nitrogens with one attached hydrogen (secondary N) is 2. The summed E-state index contributed by atoms with van der Waals surface area (Å²) in [6.45, 7) is 0. The minimum atomic E-state index is -1.10. The highest BCUT2D eigenvalue weighted by Gasteiger charge is 2.28. The van der Waals surface area contributed by atoms with Crippen molar-refractivity contribution in [3.05, 3.63) is 69.1 Å². The Balaban J connectivity index is 2.31. The molecule has 2 amide bonds. The van der Waals surface area contributed by atoms with Crippen molar-refractivity contribution in [1.82, 2.24) is 5.48 Å². The van der Waals surface area contributed by atoms with Crippen molar-refractivity contribution in [3.63, 3.8) is 0 Å². The maximum Gasteiger partial charge on any atom is 0.412 e. The quantitative estimate of drug-likeness (QED) is 0.241. The first-order chi connectivity index (χ1) is 13.8. The zero-order chi connectivity index (χ0) is 21.4. The zero-order valence-electron chi connectivity index (χ0n) is 15.1. The number of aromatic hydroxyl groups is 1. The third-order valence-corrected chi connectivity index (χ3v) is 4.76. The van der Waals surface area contributed by atoms with Crippen LogP contribution in [0, 0.1) is 0 Å². The van der Waals surface area contributed by atoms with Crippen LogP contribution in [-0.2, 0) is 14.3 Å². The van der Waals surface area contributed by atoms with Crippen LogP contribution in [0.1, 0.15) is 11.7 Å². The van der Waals surface area contributed by atoms with Gasteiger partial charge in [-0.3, -0.25) is 15.3 Å². The highest BCUT2D eigenvalue weighted by molar-refractivity contribution is 9.10. The summed E-state index contributed by atoms with van der Waals surface area (Å²) in [7, 11) is 1.35. The normalized spacial score (nSPS) is 13.0. The Morgan fingerprint density at radius 3 is 2.38 bits per heavy atom. The van der Waals surface area contributed by atoms with E-state index in [2.05, 4.69) is 37.2 Å². The molecule has 0 aliphatic carbocycles. The molecule has 0 bridgehead atoms. The number of carbonyl (C=O) groups excluding carboxylic acids is 2. The molecule has 0 unspecified atom stereocenters. The lowest BCUT2D eigenvalue weighted by Gasteiger charge is -2.25. The van der Waals surface area contributed by atoms with Crippen LogP contribution in [-0.4, -0.2) is 35.5 Å². The molecule has 0 fully saturated rings. The highest BCUT2D eigenvalue weighted by atomic mass is 79.9. The summed E-state index contributed by atoms with van der Waals surface area (Å²) in [6, 6.07) is 11.5. The van der Waals surface area contributed by atoms with Gasteiger partial charge in [0.05, 0.1) is 0 Å². The van der Waals surface area contributed by atoms with E-state index in [1.807, 2.05) is 0 Å². The van der Waals surface area contributed by atoms with Gasteiger partial charge in [-0.1, -0.05) is 31.9 Å². The van der Waals surface area contributed by atoms with E-state index in [1.165, 1.54) is 24.7 Å². The van der Waals surface area contributed by atoms with Crippen molar-refractivity contribution in [1.29, 1.82) is 0 Å². The summed E-state index contributed by atoms with van der Waals surface area (Å²) >= 11 is 6.62. The smallest absolute Gasteiger partial charge is 0.412 e. The van der Waals surface area contributed by atoms with Crippen LogP contribution in [0.15, 0.2) is 63.6 Å². The first kappa shape index (κ1) is 22.9. The number of phenols is 1. The largest absolute Gasteiger partial charge is 0.508 e. The molecule has 0 saturated heterocycles. The number of hydrogen-bond acceptors (Lipinski definition) is 6. The van der Waals surface area contributed by atoms with E-state index in [0.29, 0.717) is 10.2 Å². The van der Waals surface area contributed by atoms with Gasteiger partial charge < -0.3 is 14.6 Å². The average molecular weight is 530 g/mol. The van der Waals surface area contributed by atoms with Crippen molar-refractivity contribution in [2.24, 2.45) is 0 Å². The molecule has 2 atom stereocenters. The molecule has 8 nitrogen and oxygen atoms in total. The van der Waals surface area contributed by atoms with Crippen LogP contribution in [0.5, 0.6) is 5.75 Å². The number of rotatable bonds is 7. The monoisotopic (exact) mass is 528 g/mol. The van der Waals surface area contributed by atoms with Crippen LogP contribution < -0.4 is 10.8 Å². The van der Waals surface area contributed by atoms with E-state index < -0.39 is 24.2 Å². The number of ether oxygens (including phenoxy) is 2. The van der Waals surface area contributed by atoms with Crippen LogP contribution in [0.2, 0.25) is 0 Å². The van der Waals surface area contributed by atoms with Crippen molar-refractivity contribution in [2.45, 2.75) is 12.2 Å². The maximum absolute atomic E-state index is 12.5. The molecule has 2 rings (SSSR count). The van der Waals surface area contributed by atoms with Crippen molar-refractivity contribution in [2.75, 3.05) is 12.4 Å². The Hall–Kier alpha value is -2.40. The summed E-state index contributed by atoms with van der Waals surface area (Å²) < 4.78 is 12.3. The molecule has 29 heavy (non-hydrogen) atoms. The van der Waals surface area contributed by atoms with E-state index >= 15 is 0 Å². The lowest BCUT2D eigenvalue weighted by atomic mass is 10.0.